The van der Waals surface area contributed by atoms with Gasteiger partial charge in [0.2, 0.25) is 0 Å². The number of aromatic nitrogens is 1. The fraction of sp³-hybridized carbons (Fsp3) is 0.286. The zero-order valence-corrected chi connectivity index (χ0v) is 10.6. The third kappa shape index (κ3) is 2.66. The summed E-state index contributed by atoms with van der Waals surface area (Å²) in [5.74, 6) is -1.09. The van der Waals surface area contributed by atoms with E-state index in [1.807, 2.05) is 6.92 Å². The van der Waals surface area contributed by atoms with Crippen molar-refractivity contribution >= 4 is 16.9 Å². The molecule has 5 heteroatoms. The van der Waals surface area contributed by atoms with Crippen molar-refractivity contribution in [3.63, 3.8) is 0 Å². The van der Waals surface area contributed by atoms with Gasteiger partial charge in [-0.1, -0.05) is 18.2 Å². The third-order valence-corrected chi connectivity index (χ3v) is 2.91. The number of carboxylic acids is 1. The molecule has 0 radical (unpaired) electrons. The number of para-hydroxylation sites is 1. The molecule has 0 aliphatic carbocycles. The molecule has 2 aromatic rings. The molecule has 1 N–H and O–H groups in total. The molecule has 100 valence electrons. The second-order valence-electron chi connectivity index (χ2n) is 4.07. The van der Waals surface area contributed by atoms with Crippen molar-refractivity contribution in [1.29, 1.82) is 0 Å². The molecule has 0 fully saturated rings. The molecule has 0 bridgehead atoms. The number of benzene rings is 1. The van der Waals surface area contributed by atoms with Crippen molar-refractivity contribution in [2.45, 2.75) is 13.5 Å². The molecule has 0 aliphatic heterocycles. The van der Waals surface area contributed by atoms with Crippen LogP contribution in [0.3, 0.4) is 0 Å². The summed E-state index contributed by atoms with van der Waals surface area (Å²) in [7, 11) is 0. The fourth-order valence-corrected chi connectivity index (χ4v) is 2.04. The first-order valence-electron chi connectivity index (χ1n) is 6.08. The Balaban J connectivity index is 2.59. The Kier molecular flexibility index (Phi) is 3.97. The van der Waals surface area contributed by atoms with Crippen LogP contribution in [-0.4, -0.2) is 28.9 Å². The van der Waals surface area contributed by atoms with Crippen LogP contribution in [0.4, 0.5) is 0 Å². The molecule has 1 aromatic heterocycles. The van der Waals surface area contributed by atoms with Crippen LogP contribution in [-0.2, 0) is 11.3 Å². The molecule has 5 nitrogen and oxygen atoms in total. The van der Waals surface area contributed by atoms with Gasteiger partial charge < -0.3 is 14.4 Å². The average molecular weight is 261 g/mol. The quantitative estimate of drug-likeness (QED) is 0.832. The zero-order chi connectivity index (χ0) is 13.8. The lowest BCUT2D eigenvalue weighted by atomic mass is 10.1. The summed E-state index contributed by atoms with van der Waals surface area (Å²) < 4.78 is 6.78. The predicted molar refractivity (Wildman–Crippen MR) is 71.7 cm³/mol. The van der Waals surface area contributed by atoms with Gasteiger partial charge in [-0.3, -0.25) is 4.79 Å². The number of hydrogen-bond donors (Lipinski definition) is 1. The highest BCUT2D eigenvalue weighted by molar-refractivity contribution is 6.02. The molecule has 0 spiro atoms. The Morgan fingerprint density at radius 1 is 1.37 bits per heavy atom. The summed E-state index contributed by atoms with van der Waals surface area (Å²) >= 11 is 0. The summed E-state index contributed by atoms with van der Waals surface area (Å²) in [6.45, 7) is 3.30. The van der Waals surface area contributed by atoms with Crippen LogP contribution in [0.15, 0.2) is 35.1 Å². The van der Waals surface area contributed by atoms with Crippen molar-refractivity contribution in [2.24, 2.45) is 0 Å². The van der Waals surface area contributed by atoms with Gasteiger partial charge in [0.05, 0.1) is 17.7 Å². The summed E-state index contributed by atoms with van der Waals surface area (Å²) in [4.78, 5) is 23.2. The van der Waals surface area contributed by atoms with E-state index in [0.29, 0.717) is 30.7 Å². The van der Waals surface area contributed by atoms with Crippen LogP contribution >= 0.6 is 0 Å². The molecule has 0 atom stereocenters. The fourth-order valence-electron chi connectivity index (χ4n) is 2.04. The van der Waals surface area contributed by atoms with E-state index in [1.165, 1.54) is 4.57 Å². The highest BCUT2D eigenvalue weighted by Gasteiger charge is 2.13. The highest BCUT2D eigenvalue weighted by atomic mass is 16.5. The lowest BCUT2D eigenvalue weighted by Gasteiger charge is -2.11. The predicted octanol–water partition coefficient (Wildman–Crippen LogP) is 1.74. The van der Waals surface area contributed by atoms with Crippen LogP contribution in [0.2, 0.25) is 0 Å². The third-order valence-electron chi connectivity index (χ3n) is 2.91. The summed E-state index contributed by atoms with van der Waals surface area (Å²) in [6.07, 6.45) is 0. The normalized spacial score (nSPS) is 10.8. The Hall–Kier alpha value is -2.14. The van der Waals surface area contributed by atoms with E-state index in [0.717, 1.165) is 6.07 Å². The number of pyridine rings is 1. The van der Waals surface area contributed by atoms with E-state index in [2.05, 4.69) is 0 Å². The van der Waals surface area contributed by atoms with Gasteiger partial charge in [0.25, 0.3) is 5.56 Å². The minimum absolute atomic E-state index is 0.0354. The number of nitrogens with zero attached hydrogens (tertiary/aromatic N) is 1. The molecule has 1 heterocycles. The maximum absolute atomic E-state index is 12.0. The van der Waals surface area contributed by atoms with Crippen LogP contribution in [0, 0.1) is 0 Å². The Bertz CT molecular complexity index is 660. The van der Waals surface area contributed by atoms with E-state index in [-0.39, 0.29) is 11.1 Å². The van der Waals surface area contributed by atoms with E-state index in [9.17, 15) is 9.59 Å². The van der Waals surface area contributed by atoms with Crippen molar-refractivity contribution < 1.29 is 14.6 Å². The number of rotatable bonds is 5. The van der Waals surface area contributed by atoms with E-state index >= 15 is 0 Å². The molecule has 1 aromatic carbocycles. The largest absolute Gasteiger partial charge is 0.478 e. The molecule has 2 rings (SSSR count). The first-order valence-corrected chi connectivity index (χ1v) is 6.08. The van der Waals surface area contributed by atoms with Gasteiger partial charge in [-0.2, -0.15) is 0 Å². The topological polar surface area (TPSA) is 68.5 Å². The van der Waals surface area contributed by atoms with Crippen molar-refractivity contribution in [2.75, 3.05) is 13.2 Å². The summed E-state index contributed by atoms with van der Waals surface area (Å²) in [5.41, 5.74) is 0.330. The van der Waals surface area contributed by atoms with Gasteiger partial charge in [-0.05, 0) is 13.0 Å². The molecular weight excluding hydrogens is 246 g/mol. The van der Waals surface area contributed by atoms with E-state index in [1.54, 1.807) is 24.3 Å². The Morgan fingerprint density at radius 3 is 2.79 bits per heavy atom. The second-order valence-corrected chi connectivity index (χ2v) is 4.07. The maximum Gasteiger partial charge on any atom is 0.336 e. The highest BCUT2D eigenvalue weighted by Crippen LogP contribution is 2.16. The second kappa shape index (κ2) is 5.67. The van der Waals surface area contributed by atoms with Gasteiger partial charge >= 0.3 is 5.97 Å². The molecule has 19 heavy (non-hydrogen) atoms. The Labute approximate surface area is 110 Å². The molecule has 0 amide bonds. The standard InChI is InChI=1S/C14H15NO4/c1-2-19-8-7-15-12-6-4-3-5-10(12)11(14(17)18)9-13(15)16/h3-6,9H,2,7-8H2,1H3,(H,17,18). The van der Waals surface area contributed by atoms with Gasteiger partial charge in [0.1, 0.15) is 0 Å². The monoisotopic (exact) mass is 261 g/mol. The smallest absolute Gasteiger partial charge is 0.336 e. The van der Waals surface area contributed by atoms with Gasteiger partial charge in [-0.15, -0.1) is 0 Å². The number of ether oxygens (including phenoxy) is 1. The molecule has 0 saturated carbocycles. The lowest BCUT2D eigenvalue weighted by molar-refractivity contribution is 0.0698. The molecule has 0 unspecified atom stereocenters. The first kappa shape index (κ1) is 13.3. The van der Waals surface area contributed by atoms with Gasteiger partial charge in [0, 0.05) is 24.6 Å². The number of carboxylic acid groups (broad SMARTS) is 1. The number of fused-ring (bicyclic) bond motifs is 1. The Morgan fingerprint density at radius 2 is 2.11 bits per heavy atom. The minimum Gasteiger partial charge on any atom is -0.478 e. The van der Waals surface area contributed by atoms with Crippen LogP contribution in [0.25, 0.3) is 10.9 Å². The number of hydrogen-bond acceptors (Lipinski definition) is 3. The van der Waals surface area contributed by atoms with Crippen LogP contribution < -0.4 is 5.56 Å². The molecule has 0 saturated heterocycles. The minimum atomic E-state index is -1.09. The molecular formula is C14H15NO4. The van der Waals surface area contributed by atoms with Crippen LogP contribution in [0.1, 0.15) is 17.3 Å². The van der Waals surface area contributed by atoms with Gasteiger partial charge in [0.15, 0.2) is 0 Å². The maximum atomic E-state index is 12.0. The SMILES string of the molecule is CCOCCn1c(=O)cc(C(=O)O)c2ccccc21. The van der Waals surface area contributed by atoms with E-state index < -0.39 is 5.97 Å². The van der Waals surface area contributed by atoms with E-state index in [4.69, 9.17) is 9.84 Å². The molecule has 0 aliphatic rings. The first-order chi connectivity index (χ1) is 9.15. The number of aromatic carboxylic acids is 1. The average Bonchev–Trinajstić information content (AvgIpc) is 2.40. The summed E-state index contributed by atoms with van der Waals surface area (Å²) in [5, 5.41) is 9.70. The van der Waals surface area contributed by atoms with Crippen molar-refractivity contribution in [3.05, 3.63) is 46.2 Å². The zero-order valence-electron chi connectivity index (χ0n) is 10.6. The van der Waals surface area contributed by atoms with Crippen LogP contribution in [0.5, 0.6) is 0 Å². The summed E-state index contributed by atoms with van der Waals surface area (Å²) in [6, 6.07) is 8.15. The number of carbonyl (C=O) groups is 1. The lowest BCUT2D eigenvalue weighted by Crippen LogP contribution is -2.24. The van der Waals surface area contributed by atoms with Gasteiger partial charge in [-0.25, -0.2) is 4.79 Å². The van der Waals surface area contributed by atoms with Crippen molar-refractivity contribution in [3.8, 4) is 0 Å². The van der Waals surface area contributed by atoms with Crippen molar-refractivity contribution in [1.82, 2.24) is 4.57 Å².